The Kier molecular flexibility index (Phi) is 7.70. The zero-order valence-electron chi connectivity index (χ0n) is 22.4. The lowest BCUT2D eigenvalue weighted by atomic mass is 9.71. The standard InChI is InChI=1S/C32H37NO5/c1-22-26-13-15-28(37-20-8-11-24-9-4-3-5-10-24)23(2)30(26)38-31(35)27(22)14-16-29(34)33-19-18-32(36)17-7-6-12-25(32)21-33/h3-5,8-11,13,15,25,36H,6-7,12,14,16-21H2,1-2H3/b11-8+/t25-,32+/m0/s1. The van der Waals surface area contributed by atoms with Crippen molar-refractivity contribution in [2.24, 2.45) is 5.92 Å². The number of nitrogens with zero attached hydrogens (tertiary/aromatic N) is 1. The Morgan fingerprint density at radius 1 is 1.13 bits per heavy atom. The van der Waals surface area contributed by atoms with E-state index in [9.17, 15) is 14.7 Å². The number of carbonyl (C=O) groups is 1. The van der Waals surface area contributed by atoms with Crippen LogP contribution < -0.4 is 10.4 Å². The van der Waals surface area contributed by atoms with Gasteiger partial charge in [-0.3, -0.25) is 4.79 Å². The van der Waals surface area contributed by atoms with Crippen molar-refractivity contribution >= 4 is 23.0 Å². The van der Waals surface area contributed by atoms with Gasteiger partial charge in [0, 0.05) is 41.9 Å². The lowest BCUT2D eigenvalue weighted by Crippen LogP contribution is -2.54. The van der Waals surface area contributed by atoms with Gasteiger partial charge in [0.15, 0.2) is 0 Å². The molecule has 6 nitrogen and oxygen atoms in total. The summed E-state index contributed by atoms with van der Waals surface area (Å²) >= 11 is 0. The molecule has 0 radical (unpaired) electrons. The summed E-state index contributed by atoms with van der Waals surface area (Å²) in [6.07, 6.45) is 9.21. The summed E-state index contributed by atoms with van der Waals surface area (Å²) in [5, 5.41) is 11.8. The number of amides is 1. The van der Waals surface area contributed by atoms with Crippen LogP contribution >= 0.6 is 0 Å². The number of fused-ring (bicyclic) bond motifs is 2. The van der Waals surface area contributed by atoms with E-state index >= 15 is 0 Å². The summed E-state index contributed by atoms with van der Waals surface area (Å²) in [6, 6.07) is 13.9. The highest BCUT2D eigenvalue weighted by molar-refractivity contribution is 5.86. The topological polar surface area (TPSA) is 80.0 Å². The van der Waals surface area contributed by atoms with Crippen LogP contribution in [-0.2, 0) is 11.2 Å². The summed E-state index contributed by atoms with van der Waals surface area (Å²) in [4.78, 5) is 27.9. The van der Waals surface area contributed by atoms with Crippen molar-refractivity contribution < 1.29 is 19.1 Å². The molecule has 5 rings (SSSR count). The number of aliphatic hydroxyl groups is 1. The average molecular weight is 516 g/mol. The smallest absolute Gasteiger partial charge is 0.339 e. The number of hydrogen-bond acceptors (Lipinski definition) is 5. The van der Waals surface area contributed by atoms with Crippen LogP contribution in [0.2, 0.25) is 0 Å². The fraction of sp³-hybridized carbons (Fsp3) is 0.438. The minimum Gasteiger partial charge on any atom is -0.489 e. The largest absolute Gasteiger partial charge is 0.489 e. The van der Waals surface area contributed by atoms with Gasteiger partial charge in [-0.25, -0.2) is 4.79 Å². The van der Waals surface area contributed by atoms with Crippen LogP contribution in [0, 0.1) is 19.8 Å². The number of aryl methyl sites for hydroxylation is 2. The summed E-state index contributed by atoms with van der Waals surface area (Å²) in [5.41, 5.74) is 2.82. The predicted octanol–water partition coefficient (Wildman–Crippen LogP) is 5.59. The van der Waals surface area contributed by atoms with Crippen LogP contribution in [0.1, 0.15) is 60.8 Å². The van der Waals surface area contributed by atoms with Gasteiger partial charge in [-0.1, -0.05) is 49.2 Å². The maximum atomic E-state index is 13.0. The van der Waals surface area contributed by atoms with E-state index in [1.165, 1.54) is 0 Å². The second-order valence-electron chi connectivity index (χ2n) is 10.8. The molecule has 0 unspecified atom stereocenters. The molecule has 1 saturated heterocycles. The van der Waals surface area contributed by atoms with Gasteiger partial charge in [-0.2, -0.15) is 0 Å². The number of ether oxygens (including phenoxy) is 1. The number of carbonyl (C=O) groups excluding carboxylic acids is 1. The number of piperidine rings is 1. The van der Waals surface area contributed by atoms with E-state index in [4.69, 9.17) is 9.15 Å². The van der Waals surface area contributed by atoms with Gasteiger partial charge in [-0.05, 0) is 68.9 Å². The molecule has 0 spiro atoms. The second kappa shape index (κ2) is 11.2. The molecule has 2 atom stereocenters. The molecule has 1 aliphatic heterocycles. The highest BCUT2D eigenvalue weighted by Gasteiger charge is 2.43. The van der Waals surface area contributed by atoms with E-state index in [0.29, 0.717) is 49.4 Å². The van der Waals surface area contributed by atoms with Crippen LogP contribution in [0.4, 0.5) is 0 Å². The van der Waals surface area contributed by atoms with Gasteiger partial charge in [0.25, 0.3) is 0 Å². The van der Waals surface area contributed by atoms with Gasteiger partial charge < -0.3 is 19.2 Å². The van der Waals surface area contributed by atoms with Crippen LogP contribution in [0.15, 0.2) is 57.8 Å². The molecule has 1 N–H and O–H groups in total. The van der Waals surface area contributed by atoms with Crippen LogP contribution in [0.5, 0.6) is 5.75 Å². The Morgan fingerprint density at radius 3 is 2.76 bits per heavy atom. The molecule has 1 aliphatic carbocycles. The van der Waals surface area contributed by atoms with Crippen molar-refractivity contribution in [2.75, 3.05) is 19.7 Å². The lowest BCUT2D eigenvalue weighted by molar-refractivity contribution is -0.143. The van der Waals surface area contributed by atoms with Gasteiger partial charge in [0.05, 0.1) is 5.60 Å². The van der Waals surface area contributed by atoms with Crippen molar-refractivity contribution in [1.29, 1.82) is 0 Å². The number of likely N-dealkylation sites (tertiary alicyclic amines) is 1. The summed E-state index contributed by atoms with van der Waals surface area (Å²) < 4.78 is 11.7. The Hall–Kier alpha value is -3.38. The molecule has 38 heavy (non-hydrogen) atoms. The van der Waals surface area contributed by atoms with E-state index in [1.54, 1.807) is 0 Å². The zero-order chi connectivity index (χ0) is 26.7. The van der Waals surface area contributed by atoms with Gasteiger partial charge in [0.1, 0.15) is 17.9 Å². The van der Waals surface area contributed by atoms with Crippen LogP contribution in [0.25, 0.3) is 17.0 Å². The van der Waals surface area contributed by atoms with Crippen molar-refractivity contribution in [3.05, 3.63) is 81.2 Å². The van der Waals surface area contributed by atoms with Crippen molar-refractivity contribution in [1.82, 2.24) is 4.90 Å². The summed E-state index contributed by atoms with van der Waals surface area (Å²) in [5.74, 6) is 0.878. The number of rotatable bonds is 7. The number of hydrogen-bond donors (Lipinski definition) is 1. The maximum Gasteiger partial charge on any atom is 0.339 e. The van der Waals surface area contributed by atoms with E-state index in [2.05, 4.69) is 0 Å². The van der Waals surface area contributed by atoms with E-state index < -0.39 is 11.2 Å². The highest BCUT2D eigenvalue weighted by atomic mass is 16.5. The molecule has 2 fully saturated rings. The van der Waals surface area contributed by atoms with E-state index in [1.807, 2.05) is 73.4 Å². The minimum absolute atomic E-state index is 0.0417. The normalized spacial score (nSPS) is 21.6. The van der Waals surface area contributed by atoms with Gasteiger partial charge in [0.2, 0.25) is 5.91 Å². The third-order valence-electron chi connectivity index (χ3n) is 8.47. The number of benzene rings is 2. The lowest BCUT2D eigenvalue weighted by Gasteiger charge is -2.47. The van der Waals surface area contributed by atoms with Crippen LogP contribution in [0.3, 0.4) is 0 Å². The monoisotopic (exact) mass is 515 g/mol. The first kappa shape index (κ1) is 26.2. The first-order chi connectivity index (χ1) is 18.4. The molecular formula is C32H37NO5. The van der Waals surface area contributed by atoms with E-state index in [-0.39, 0.29) is 18.2 Å². The average Bonchev–Trinajstić information content (AvgIpc) is 2.92. The fourth-order valence-corrected chi connectivity index (χ4v) is 6.09. The molecule has 2 aromatic carbocycles. The van der Waals surface area contributed by atoms with Gasteiger partial charge >= 0.3 is 5.63 Å². The third kappa shape index (κ3) is 5.41. The second-order valence-corrected chi connectivity index (χ2v) is 10.8. The van der Waals surface area contributed by atoms with Crippen LogP contribution in [-0.4, -0.2) is 41.2 Å². The molecule has 2 heterocycles. The molecule has 3 aromatic rings. The molecule has 0 bridgehead atoms. The SMILES string of the molecule is Cc1c(CCC(=O)N2CC[C@]3(O)CCCC[C@H]3C2)c(=O)oc2c(C)c(OC/C=C/c3ccccc3)ccc12. The van der Waals surface area contributed by atoms with Crippen molar-refractivity contribution in [3.63, 3.8) is 0 Å². The Bertz CT molecular complexity index is 1390. The summed E-state index contributed by atoms with van der Waals surface area (Å²) in [7, 11) is 0. The Morgan fingerprint density at radius 2 is 1.95 bits per heavy atom. The molecule has 6 heteroatoms. The fourth-order valence-electron chi connectivity index (χ4n) is 6.09. The van der Waals surface area contributed by atoms with E-state index in [0.717, 1.165) is 47.8 Å². The molecule has 200 valence electrons. The molecule has 2 aliphatic rings. The Balaban J connectivity index is 1.25. The third-order valence-corrected chi connectivity index (χ3v) is 8.47. The zero-order valence-corrected chi connectivity index (χ0v) is 22.4. The molecule has 1 saturated carbocycles. The minimum atomic E-state index is -0.607. The van der Waals surface area contributed by atoms with Crippen molar-refractivity contribution in [3.8, 4) is 5.75 Å². The first-order valence-corrected chi connectivity index (χ1v) is 13.8. The van der Waals surface area contributed by atoms with Gasteiger partial charge in [-0.15, -0.1) is 0 Å². The quantitative estimate of drug-likeness (QED) is 0.415. The molecular weight excluding hydrogens is 478 g/mol. The molecule has 1 amide bonds. The first-order valence-electron chi connectivity index (χ1n) is 13.8. The highest BCUT2D eigenvalue weighted by Crippen LogP contribution is 2.40. The maximum absolute atomic E-state index is 13.0. The summed E-state index contributed by atoms with van der Waals surface area (Å²) in [6.45, 7) is 5.42. The molecule has 1 aromatic heterocycles. The Labute approximate surface area is 223 Å². The predicted molar refractivity (Wildman–Crippen MR) is 149 cm³/mol. The van der Waals surface area contributed by atoms with Crippen molar-refractivity contribution in [2.45, 2.75) is 64.4 Å².